The average Bonchev–Trinajstić information content (AvgIpc) is 3.73. The quantitative estimate of drug-likeness (QED) is 0.119. The summed E-state index contributed by atoms with van der Waals surface area (Å²) in [5.41, 5.74) is 12.8. The fourth-order valence-corrected chi connectivity index (χ4v) is 13.1. The van der Waals surface area contributed by atoms with Gasteiger partial charge >= 0.3 is 332 Å². The molecule has 292 valence electrons. The van der Waals surface area contributed by atoms with Gasteiger partial charge in [0.25, 0.3) is 0 Å². The molecule has 0 bridgehead atoms. The second kappa shape index (κ2) is 14.5. The number of fused-ring (bicyclic) bond motifs is 8. The number of rotatable bonds is 5. The summed E-state index contributed by atoms with van der Waals surface area (Å²) < 4.78 is 2.91. The Balaban J connectivity index is 1.000. The molecule has 0 saturated heterocycles. The third kappa shape index (κ3) is 5.68. The summed E-state index contributed by atoms with van der Waals surface area (Å²) >= 11 is 0.138. The summed E-state index contributed by atoms with van der Waals surface area (Å²) in [6.45, 7) is 0. The molecule has 0 unspecified atom stereocenters. The standard InChI is InChI=1S/C62H38Se/c1-2-17-41(18-3-1)58-46-21-6-8-23-48(46)60(49-24-9-7-22-47(49)58)43-36-37-57-56(38-43)54-30-15-31-55(62(54)63-57)61-52-27-12-10-25-50(52)59(51-26-11-13-28-53(51)61)42-34-32-40(33-35-42)45-29-14-19-39-16-4-5-20-44(39)45/h1-38H. The molecule has 0 saturated carbocycles. The van der Waals surface area contributed by atoms with E-state index in [9.17, 15) is 0 Å². The summed E-state index contributed by atoms with van der Waals surface area (Å²) in [4.78, 5) is 0. The maximum absolute atomic E-state index is 2.49. The Morgan fingerprint density at radius 3 is 1.21 bits per heavy atom. The molecule has 0 aliphatic carbocycles. The Labute approximate surface area is 371 Å². The molecule has 1 heterocycles. The summed E-state index contributed by atoms with van der Waals surface area (Å²) in [5.74, 6) is 0. The van der Waals surface area contributed by atoms with E-state index < -0.39 is 0 Å². The third-order valence-electron chi connectivity index (χ3n) is 13.3. The van der Waals surface area contributed by atoms with E-state index in [0.717, 1.165) is 0 Å². The van der Waals surface area contributed by atoms with Crippen molar-refractivity contribution in [3.63, 3.8) is 0 Å². The van der Waals surface area contributed by atoms with E-state index in [2.05, 4.69) is 231 Å². The monoisotopic (exact) mass is 862 g/mol. The maximum atomic E-state index is 2.49. The Morgan fingerprint density at radius 2 is 0.619 bits per heavy atom. The van der Waals surface area contributed by atoms with Crippen molar-refractivity contribution in [1.29, 1.82) is 0 Å². The fourth-order valence-electron chi connectivity index (χ4n) is 10.5. The summed E-state index contributed by atoms with van der Waals surface area (Å²) in [6.07, 6.45) is 0. The molecule has 13 rings (SSSR count). The van der Waals surface area contributed by atoms with Gasteiger partial charge in [-0.2, -0.15) is 0 Å². The van der Waals surface area contributed by atoms with Crippen LogP contribution in [0.25, 0.3) is 129 Å². The topological polar surface area (TPSA) is 0 Å². The Kier molecular flexibility index (Phi) is 8.34. The molecule has 0 nitrogen and oxygen atoms in total. The molecule has 0 N–H and O–H groups in total. The molecule has 13 aromatic rings. The van der Waals surface area contributed by atoms with Crippen molar-refractivity contribution in [1.82, 2.24) is 0 Å². The van der Waals surface area contributed by atoms with E-state index in [1.165, 1.54) is 129 Å². The molecule has 1 aromatic heterocycles. The van der Waals surface area contributed by atoms with Crippen LogP contribution in [0.1, 0.15) is 0 Å². The number of hydrogen-bond acceptors (Lipinski definition) is 0. The van der Waals surface area contributed by atoms with Crippen LogP contribution in [0.3, 0.4) is 0 Å². The van der Waals surface area contributed by atoms with Crippen LogP contribution < -0.4 is 0 Å². The predicted molar refractivity (Wildman–Crippen MR) is 273 cm³/mol. The second-order valence-corrected chi connectivity index (χ2v) is 18.9. The van der Waals surface area contributed by atoms with Crippen LogP contribution >= 0.6 is 0 Å². The van der Waals surface area contributed by atoms with Gasteiger partial charge in [-0.3, -0.25) is 0 Å². The first-order valence-electron chi connectivity index (χ1n) is 21.8. The molecule has 1 heteroatoms. The van der Waals surface area contributed by atoms with Gasteiger partial charge in [-0.1, -0.05) is 36.4 Å². The van der Waals surface area contributed by atoms with E-state index >= 15 is 0 Å². The molecule has 0 spiro atoms. The van der Waals surface area contributed by atoms with Crippen molar-refractivity contribution < 1.29 is 0 Å². The van der Waals surface area contributed by atoms with Crippen molar-refractivity contribution in [3.05, 3.63) is 231 Å². The van der Waals surface area contributed by atoms with Crippen LogP contribution in [-0.4, -0.2) is 14.5 Å². The Morgan fingerprint density at radius 1 is 0.222 bits per heavy atom. The van der Waals surface area contributed by atoms with Crippen LogP contribution in [0, 0.1) is 0 Å². The van der Waals surface area contributed by atoms with E-state index in [1.807, 2.05) is 0 Å². The Bertz CT molecular complexity index is 3830. The van der Waals surface area contributed by atoms with E-state index in [4.69, 9.17) is 0 Å². The number of hydrogen-bond donors (Lipinski definition) is 0. The molecule has 63 heavy (non-hydrogen) atoms. The van der Waals surface area contributed by atoms with Crippen molar-refractivity contribution in [2.24, 2.45) is 0 Å². The van der Waals surface area contributed by atoms with Gasteiger partial charge in [0.05, 0.1) is 0 Å². The van der Waals surface area contributed by atoms with Crippen molar-refractivity contribution in [2.75, 3.05) is 0 Å². The van der Waals surface area contributed by atoms with Crippen molar-refractivity contribution in [2.45, 2.75) is 0 Å². The van der Waals surface area contributed by atoms with Crippen LogP contribution in [0.2, 0.25) is 0 Å². The van der Waals surface area contributed by atoms with Gasteiger partial charge in [0.15, 0.2) is 0 Å². The van der Waals surface area contributed by atoms with Crippen molar-refractivity contribution in [3.8, 4) is 55.6 Å². The van der Waals surface area contributed by atoms with Gasteiger partial charge in [0, 0.05) is 0 Å². The first-order valence-corrected chi connectivity index (χ1v) is 23.5. The zero-order valence-corrected chi connectivity index (χ0v) is 36.1. The van der Waals surface area contributed by atoms with Crippen LogP contribution in [-0.2, 0) is 0 Å². The molecule has 0 aliphatic heterocycles. The molecular formula is C62H38Se. The summed E-state index contributed by atoms with van der Waals surface area (Å²) in [6, 6.07) is 85.8. The minimum atomic E-state index is 0.138. The van der Waals surface area contributed by atoms with Gasteiger partial charge in [-0.25, -0.2) is 0 Å². The minimum absolute atomic E-state index is 0.138. The summed E-state index contributed by atoms with van der Waals surface area (Å²) in [7, 11) is 0. The molecule has 0 fully saturated rings. The van der Waals surface area contributed by atoms with Crippen LogP contribution in [0.5, 0.6) is 0 Å². The van der Waals surface area contributed by atoms with Gasteiger partial charge in [-0.15, -0.1) is 0 Å². The van der Waals surface area contributed by atoms with Crippen molar-refractivity contribution >= 4 is 87.7 Å². The van der Waals surface area contributed by atoms with E-state index in [1.54, 1.807) is 0 Å². The average molecular weight is 862 g/mol. The normalized spacial score (nSPS) is 11.8. The van der Waals surface area contributed by atoms with Crippen LogP contribution in [0.4, 0.5) is 0 Å². The van der Waals surface area contributed by atoms with Gasteiger partial charge in [0.2, 0.25) is 0 Å². The summed E-state index contributed by atoms with van der Waals surface area (Å²) in [5, 5.41) is 15.6. The molecular weight excluding hydrogens is 824 g/mol. The molecule has 0 amide bonds. The Hall–Kier alpha value is -7.54. The molecule has 0 radical (unpaired) electrons. The SMILES string of the molecule is c1ccc(-c2c3ccccc3c(-c3ccc4[se]c5c(-c6c7ccccc7c(-c7ccc(-c8cccc9ccccc89)cc7)c7ccccc67)cccc5c4c3)c3ccccc23)cc1. The zero-order valence-electron chi connectivity index (χ0n) is 34.3. The van der Waals surface area contributed by atoms with Gasteiger partial charge in [-0.05, 0) is 5.39 Å². The first kappa shape index (κ1) is 36.1. The first-order chi connectivity index (χ1) is 31.3. The molecule has 0 atom stereocenters. The van der Waals surface area contributed by atoms with E-state index in [-0.39, 0.29) is 14.5 Å². The molecule has 12 aromatic carbocycles. The predicted octanol–water partition coefficient (Wildman–Crippen LogP) is 17.2. The van der Waals surface area contributed by atoms with E-state index in [0.29, 0.717) is 0 Å². The molecule has 0 aliphatic rings. The van der Waals surface area contributed by atoms with Gasteiger partial charge in [0.1, 0.15) is 0 Å². The fraction of sp³-hybridized carbons (Fsp3) is 0. The van der Waals surface area contributed by atoms with Gasteiger partial charge < -0.3 is 0 Å². The van der Waals surface area contributed by atoms with Crippen LogP contribution in [0.15, 0.2) is 231 Å². The second-order valence-electron chi connectivity index (χ2n) is 16.6. The zero-order chi connectivity index (χ0) is 41.4. The number of benzene rings is 12. The third-order valence-corrected chi connectivity index (χ3v) is 15.8.